The molecular formula is C21H26N2O2. The van der Waals surface area contributed by atoms with Crippen molar-refractivity contribution in [2.45, 2.75) is 32.6 Å². The second-order valence-corrected chi connectivity index (χ2v) is 6.85. The van der Waals surface area contributed by atoms with E-state index < -0.39 is 5.91 Å². The number of hydrogen-bond donors (Lipinski definition) is 1. The minimum absolute atomic E-state index is 0.0101. The summed E-state index contributed by atoms with van der Waals surface area (Å²) in [4.78, 5) is 25.5. The Morgan fingerprint density at radius 2 is 1.36 bits per heavy atom. The highest BCUT2D eigenvalue weighted by Gasteiger charge is 2.16. The molecular weight excluding hydrogens is 312 g/mol. The lowest BCUT2D eigenvalue weighted by atomic mass is 9.98. The van der Waals surface area contributed by atoms with E-state index in [1.165, 1.54) is 5.56 Å². The quantitative estimate of drug-likeness (QED) is 0.871. The molecule has 0 aliphatic heterocycles. The molecule has 0 spiro atoms. The zero-order valence-electron chi connectivity index (χ0n) is 15.3. The summed E-state index contributed by atoms with van der Waals surface area (Å²) >= 11 is 0. The van der Waals surface area contributed by atoms with E-state index in [2.05, 4.69) is 20.8 Å². The molecule has 0 bridgehead atoms. The fraction of sp³-hybridized carbons (Fsp3) is 0.333. The van der Waals surface area contributed by atoms with Crippen LogP contribution in [0.25, 0.3) is 0 Å². The molecule has 0 aliphatic carbocycles. The van der Waals surface area contributed by atoms with Crippen LogP contribution in [0.2, 0.25) is 0 Å². The molecule has 1 unspecified atom stereocenters. The zero-order valence-corrected chi connectivity index (χ0v) is 15.3. The van der Waals surface area contributed by atoms with Crippen molar-refractivity contribution in [3.05, 3.63) is 70.8 Å². The van der Waals surface area contributed by atoms with Gasteiger partial charge in [-0.05, 0) is 47.2 Å². The summed E-state index contributed by atoms with van der Waals surface area (Å²) in [6.07, 6.45) is 0. The van der Waals surface area contributed by atoms with Gasteiger partial charge in [-0.25, -0.2) is 0 Å². The van der Waals surface area contributed by atoms with Crippen molar-refractivity contribution < 1.29 is 9.59 Å². The van der Waals surface area contributed by atoms with Gasteiger partial charge < -0.3 is 10.6 Å². The van der Waals surface area contributed by atoms with Crippen LogP contribution in [0.15, 0.2) is 48.5 Å². The first kappa shape index (κ1) is 18.7. The molecule has 0 aliphatic rings. The minimum Gasteiger partial charge on any atom is -0.366 e. The van der Waals surface area contributed by atoms with E-state index in [1.54, 1.807) is 17.0 Å². The lowest BCUT2D eigenvalue weighted by molar-refractivity contribution is 0.0788. The second-order valence-electron chi connectivity index (χ2n) is 6.85. The maximum Gasteiger partial charge on any atom is 0.253 e. The van der Waals surface area contributed by atoms with Gasteiger partial charge in [0.15, 0.2) is 0 Å². The van der Waals surface area contributed by atoms with Crippen LogP contribution in [0.3, 0.4) is 0 Å². The first-order valence-corrected chi connectivity index (χ1v) is 8.54. The highest BCUT2D eigenvalue weighted by Crippen LogP contribution is 2.19. The van der Waals surface area contributed by atoms with Gasteiger partial charge in [-0.15, -0.1) is 0 Å². The molecule has 1 atom stereocenters. The Morgan fingerprint density at radius 3 is 1.84 bits per heavy atom. The van der Waals surface area contributed by atoms with Gasteiger partial charge in [-0.1, -0.05) is 45.0 Å². The highest BCUT2D eigenvalue weighted by atomic mass is 16.2. The molecule has 0 aromatic heterocycles. The maximum absolute atomic E-state index is 12.6. The summed E-state index contributed by atoms with van der Waals surface area (Å²) in [5.74, 6) is 0.184. The lowest BCUT2D eigenvalue weighted by Crippen LogP contribution is -2.30. The van der Waals surface area contributed by atoms with Crippen molar-refractivity contribution in [3.63, 3.8) is 0 Å². The molecule has 25 heavy (non-hydrogen) atoms. The number of likely N-dealkylation sites (N-methyl/N-ethyl adjacent to an activating group) is 1. The summed E-state index contributed by atoms with van der Waals surface area (Å²) in [6, 6.07) is 15.0. The summed E-state index contributed by atoms with van der Waals surface area (Å²) in [6.45, 7) is 6.92. The van der Waals surface area contributed by atoms with Gasteiger partial charge in [-0.2, -0.15) is 0 Å². The van der Waals surface area contributed by atoms with Crippen molar-refractivity contribution in [2.75, 3.05) is 13.6 Å². The Hall–Kier alpha value is -2.62. The summed E-state index contributed by atoms with van der Waals surface area (Å²) < 4.78 is 0. The first-order valence-electron chi connectivity index (χ1n) is 8.54. The number of nitrogens with two attached hydrogens (primary N) is 1. The summed E-state index contributed by atoms with van der Waals surface area (Å²) in [7, 11) is 1.81. The standard InChI is InChI=1S/C21H26N2O2/c1-14(2)16-5-11-19(12-6-16)21(25)23(4)13-15(3)17-7-9-18(10-8-17)20(22)24/h5-12,14-15H,13H2,1-4H3,(H2,22,24). The van der Waals surface area contributed by atoms with E-state index in [4.69, 9.17) is 5.73 Å². The van der Waals surface area contributed by atoms with Crippen LogP contribution < -0.4 is 5.73 Å². The molecule has 2 N–H and O–H groups in total. The Balaban J connectivity index is 2.03. The molecule has 2 aromatic carbocycles. The molecule has 0 saturated heterocycles. The second kappa shape index (κ2) is 7.97. The van der Waals surface area contributed by atoms with Gasteiger partial charge in [0.2, 0.25) is 5.91 Å². The third-order valence-corrected chi connectivity index (χ3v) is 4.48. The van der Waals surface area contributed by atoms with Gasteiger partial charge >= 0.3 is 0 Å². The Labute approximate surface area is 149 Å². The van der Waals surface area contributed by atoms with Crippen LogP contribution in [0.1, 0.15) is 64.4 Å². The van der Waals surface area contributed by atoms with E-state index in [9.17, 15) is 9.59 Å². The van der Waals surface area contributed by atoms with E-state index in [-0.39, 0.29) is 11.8 Å². The number of carbonyl (C=O) groups is 2. The van der Waals surface area contributed by atoms with E-state index in [1.807, 2.05) is 43.4 Å². The number of amides is 2. The molecule has 0 heterocycles. The third-order valence-electron chi connectivity index (χ3n) is 4.48. The average Bonchev–Trinajstić information content (AvgIpc) is 2.61. The van der Waals surface area contributed by atoms with Crippen LogP contribution in [0.5, 0.6) is 0 Å². The number of nitrogens with zero attached hydrogens (tertiary/aromatic N) is 1. The number of benzene rings is 2. The smallest absolute Gasteiger partial charge is 0.253 e. The van der Waals surface area contributed by atoms with Crippen molar-refractivity contribution >= 4 is 11.8 Å². The normalized spacial score (nSPS) is 12.0. The molecule has 2 rings (SSSR count). The summed E-state index contributed by atoms with van der Waals surface area (Å²) in [5.41, 5.74) is 8.74. The van der Waals surface area contributed by atoms with Gasteiger partial charge in [0, 0.05) is 24.7 Å². The monoisotopic (exact) mass is 338 g/mol. The molecule has 0 fully saturated rings. The molecule has 2 amide bonds. The third kappa shape index (κ3) is 4.69. The Bertz CT molecular complexity index is 733. The molecule has 0 radical (unpaired) electrons. The molecule has 4 nitrogen and oxygen atoms in total. The zero-order chi connectivity index (χ0) is 18.6. The van der Waals surface area contributed by atoms with Crippen LogP contribution in [0, 0.1) is 0 Å². The number of primary amides is 1. The van der Waals surface area contributed by atoms with E-state index in [0.717, 1.165) is 5.56 Å². The fourth-order valence-electron chi connectivity index (χ4n) is 2.81. The number of rotatable bonds is 6. The van der Waals surface area contributed by atoms with Gasteiger partial charge in [-0.3, -0.25) is 9.59 Å². The van der Waals surface area contributed by atoms with Crippen LogP contribution in [-0.2, 0) is 0 Å². The largest absolute Gasteiger partial charge is 0.366 e. The first-order chi connectivity index (χ1) is 11.8. The SMILES string of the molecule is CC(C)c1ccc(C(=O)N(C)CC(C)c2ccc(C(N)=O)cc2)cc1. The van der Waals surface area contributed by atoms with E-state index >= 15 is 0 Å². The van der Waals surface area contributed by atoms with E-state index in [0.29, 0.717) is 23.6 Å². The number of hydrogen-bond acceptors (Lipinski definition) is 2. The van der Waals surface area contributed by atoms with Crippen molar-refractivity contribution in [3.8, 4) is 0 Å². The van der Waals surface area contributed by atoms with Crippen molar-refractivity contribution in [1.29, 1.82) is 0 Å². The van der Waals surface area contributed by atoms with Gasteiger partial charge in [0.05, 0.1) is 0 Å². The fourth-order valence-corrected chi connectivity index (χ4v) is 2.81. The van der Waals surface area contributed by atoms with Crippen molar-refractivity contribution in [1.82, 2.24) is 4.90 Å². The lowest BCUT2D eigenvalue weighted by Gasteiger charge is -2.22. The van der Waals surface area contributed by atoms with Gasteiger partial charge in [0.1, 0.15) is 0 Å². The molecule has 4 heteroatoms. The highest BCUT2D eigenvalue weighted by molar-refractivity contribution is 5.94. The van der Waals surface area contributed by atoms with Crippen LogP contribution in [-0.4, -0.2) is 30.3 Å². The van der Waals surface area contributed by atoms with Crippen LogP contribution in [0.4, 0.5) is 0 Å². The Kier molecular flexibility index (Phi) is 5.97. The van der Waals surface area contributed by atoms with Gasteiger partial charge in [0.25, 0.3) is 5.91 Å². The Morgan fingerprint density at radius 1 is 0.880 bits per heavy atom. The summed E-state index contributed by atoms with van der Waals surface area (Å²) in [5, 5.41) is 0. The predicted octanol–water partition coefficient (Wildman–Crippen LogP) is 3.78. The molecule has 132 valence electrons. The average molecular weight is 338 g/mol. The molecule has 2 aromatic rings. The maximum atomic E-state index is 12.6. The number of carbonyl (C=O) groups excluding carboxylic acids is 2. The topological polar surface area (TPSA) is 63.4 Å². The minimum atomic E-state index is -0.434. The van der Waals surface area contributed by atoms with Crippen molar-refractivity contribution in [2.24, 2.45) is 5.73 Å². The molecule has 0 saturated carbocycles. The van der Waals surface area contributed by atoms with Crippen LogP contribution >= 0.6 is 0 Å². The predicted molar refractivity (Wildman–Crippen MR) is 101 cm³/mol.